The van der Waals surface area contributed by atoms with Crippen LogP contribution in [0.1, 0.15) is 12.5 Å². The maximum Gasteiger partial charge on any atom is 0.276 e. The molecule has 0 saturated heterocycles. The van der Waals surface area contributed by atoms with Gasteiger partial charge in [-0.05, 0) is 19.1 Å². The Labute approximate surface area is 97.7 Å². The summed E-state index contributed by atoms with van der Waals surface area (Å²) in [7, 11) is 0. The fourth-order valence-corrected chi connectivity index (χ4v) is 1.46. The standard InChI is InChI=1S/C11H10ClNO3/c1-8(14)10(7-12)6-9-4-2-3-5-11(9)13(15)16/h2-6H,7H2,1H3/b10-6-. The predicted molar refractivity (Wildman–Crippen MR) is 62.5 cm³/mol. The van der Waals surface area contributed by atoms with Crippen molar-refractivity contribution in [2.75, 3.05) is 5.88 Å². The first kappa shape index (κ1) is 12.4. The van der Waals surface area contributed by atoms with Crippen LogP contribution in [0, 0.1) is 10.1 Å². The molecule has 0 spiro atoms. The van der Waals surface area contributed by atoms with Crippen LogP contribution in [0.4, 0.5) is 5.69 Å². The summed E-state index contributed by atoms with van der Waals surface area (Å²) >= 11 is 5.59. The maximum absolute atomic E-state index is 11.1. The topological polar surface area (TPSA) is 60.2 Å². The van der Waals surface area contributed by atoms with Gasteiger partial charge in [0.15, 0.2) is 5.78 Å². The van der Waals surface area contributed by atoms with Crippen LogP contribution >= 0.6 is 11.6 Å². The van der Waals surface area contributed by atoms with Gasteiger partial charge in [0.2, 0.25) is 0 Å². The Hall–Kier alpha value is -1.68. The van der Waals surface area contributed by atoms with Crippen LogP contribution in [0.2, 0.25) is 0 Å². The van der Waals surface area contributed by atoms with Gasteiger partial charge in [-0.2, -0.15) is 0 Å². The lowest BCUT2D eigenvalue weighted by Gasteiger charge is -2.00. The Balaban J connectivity index is 3.23. The number of Topliss-reactive ketones (excluding diaryl/α,β-unsaturated/α-hetero) is 1. The first-order chi connectivity index (χ1) is 7.56. The van der Waals surface area contributed by atoms with Crippen molar-refractivity contribution in [2.24, 2.45) is 0 Å². The molecule has 0 aliphatic heterocycles. The quantitative estimate of drug-likeness (QED) is 0.351. The molecule has 0 bridgehead atoms. The number of nitro groups is 1. The van der Waals surface area contributed by atoms with E-state index in [1.807, 2.05) is 0 Å². The van der Waals surface area contributed by atoms with Crippen LogP contribution in [0.5, 0.6) is 0 Å². The molecule has 0 atom stereocenters. The first-order valence-electron chi connectivity index (χ1n) is 4.57. The lowest BCUT2D eigenvalue weighted by Crippen LogP contribution is -1.99. The third-order valence-electron chi connectivity index (χ3n) is 2.06. The number of halogens is 1. The van der Waals surface area contributed by atoms with Crippen LogP contribution in [0.3, 0.4) is 0 Å². The number of para-hydroxylation sites is 1. The van der Waals surface area contributed by atoms with Gasteiger partial charge in [-0.3, -0.25) is 14.9 Å². The number of carbonyl (C=O) groups excluding carboxylic acids is 1. The molecule has 0 aromatic heterocycles. The second-order valence-electron chi connectivity index (χ2n) is 3.18. The second-order valence-corrected chi connectivity index (χ2v) is 3.44. The highest BCUT2D eigenvalue weighted by atomic mass is 35.5. The summed E-state index contributed by atoms with van der Waals surface area (Å²) in [6.45, 7) is 1.38. The summed E-state index contributed by atoms with van der Waals surface area (Å²) < 4.78 is 0. The zero-order chi connectivity index (χ0) is 12.1. The molecule has 5 heteroatoms. The molecule has 0 aliphatic rings. The van der Waals surface area contributed by atoms with E-state index in [9.17, 15) is 14.9 Å². The van der Waals surface area contributed by atoms with Crippen molar-refractivity contribution in [3.05, 3.63) is 45.5 Å². The highest BCUT2D eigenvalue weighted by molar-refractivity contribution is 6.23. The molecule has 1 aromatic rings. The van der Waals surface area contributed by atoms with Crippen LogP contribution in [-0.4, -0.2) is 16.6 Å². The summed E-state index contributed by atoms with van der Waals surface area (Å²) in [6.07, 6.45) is 1.45. The average molecular weight is 240 g/mol. The minimum atomic E-state index is -0.488. The molecule has 1 rings (SSSR count). The third-order valence-corrected chi connectivity index (χ3v) is 2.35. The Kier molecular flexibility index (Phi) is 4.19. The fraction of sp³-hybridized carbons (Fsp3) is 0.182. The molecule has 1 aromatic carbocycles. The smallest absolute Gasteiger partial charge is 0.276 e. The summed E-state index contributed by atoms with van der Waals surface area (Å²) in [4.78, 5) is 21.4. The Bertz CT molecular complexity index is 454. The highest BCUT2D eigenvalue weighted by Gasteiger charge is 2.12. The van der Waals surface area contributed by atoms with E-state index in [0.29, 0.717) is 11.1 Å². The third kappa shape index (κ3) is 2.90. The van der Waals surface area contributed by atoms with Crippen LogP contribution in [-0.2, 0) is 4.79 Å². The number of nitro benzene ring substituents is 1. The van der Waals surface area contributed by atoms with Crippen molar-refractivity contribution in [3.8, 4) is 0 Å². The number of nitrogens with zero attached hydrogens (tertiary/aromatic N) is 1. The van der Waals surface area contributed by atoms with Gasteiger partial charge < -0.3 is 0 Å². The van der Waals surface area contributed by atoms with E-state index in [0.717, 1.165) is 0 Å². The van der Waals surface area contributed by atoms with E-state index < -0.39 is 4.92 Å². The van der Waals surface area contributed by atoms with E-state index in [2.05, 4.69) is 0 Å². The predicted octanol–water partition coefficient (Wildman–Crippen LogP) is 2.81. The maximum atomic E-state index is 11.1. The molecule has 84 valence electrons. The van der Waals surface area contributed by atoms with E-state index in [4.69, 9.17) is 11.6 Å². The average Bonchev–Trinajstić information content (AvgIpc) is 2.25. The first-order valence-corrected chi connectivity index (χ1v) is 5.10. The molecule has 0 heterocycles. The molecule has 0 amide bonds. The monoisotopic (exact) mass is 239 g/mol. The highest BCUT2D eigenvalue weighted by Crippen LogP contribution is 2.21. The van der Waals surface area contributed by atoms with Crippen LogP contribution in [0.25, 0.3) is 6.08 Å². The summed E-state index contributed by atoms with van der Waals surface area (Å²) in [5.41, 5.74) is 0.709. The lowest BCUT2D eigenvalue weighted by molar-refractivity contribution is -0.385. The van der Waals surface area contributed by atoms with Crippen LogP contribution in [0.15, 0.2) is 29.8 Å². The van der Waals surface area contributed by atoms with Crippen LogP contribution < -0.4 is 0 Å². The van der Waals surface area contributed by atoms with Gasteiger partial charge in [-0.15, -0.1) is 11.6 Å². The SMILES string of the molecule is CC(=O)/C(=C\c1ccccc1[N+](=O)[O-])CCl. The zero-order valence-electron chi connectivity index (χ0n) is 8.64. The Morgan fingerprint density at radius 3 is 2.62 bits per heavy atom. The molecule has 16 heavy (non-hydrogen) atoms. The number of benzene rings is 1. The molecule has 0 fully saturated rings. The van der Waals surface area contributed by atoms with Gasteiger partial charge >= 0.3 is 0 Å². The van der Waals surface area contributed by atoms with Crippen molar-refractivity contribution < 1.29 is 9.72 Å². The van der Waals surface area contributed by atoms with E-state index in [1.54, 1.807) is 18.2 Å². The fourth-order valence-electron chi connectivity index (χ4n) is 1.20. The molecule has 4 nitrogen and oxygen atoms in total. The Morgan fingerprint density at radius 2 is 2.12 bits per heavy atom. The van der Waals surface area contributed by atoms with E-state index >= 15 is 0 Å². The molecular formula is C11H10ClNO3. The number of allylic oxidation sites excluding steroid dienone is 1. The normalized spacial score (nSPS) is 11.2. The lowest BCUT2D eigenvalue weighted by atomic mass is 10.1. The van der Waals surface area contributed by atoms with Gasteiger partial charge in [0.25, 0.3) is 5.69 Å². The van der Waals surface area contributed by atoms with Gasteiger partial charge in [0.05, 0.1) is 16.4 Å². The van der Waals surface area contributed by atoms with Gasteiger partial charge in [0.1, 0.15) is 0 Å². The molecular weight excluding hydrogens is 230 g/mol. The summed E-state index contributed by atoms with van der Waals surface area (Å²) in [6, 6.07) is 6.21. The van der Waals surface area contributed by atoms with Crippen molar-refractivity contribution >= 4 is 29.1 Å². The van der Waals surface area contributed by atoms with Gasteiger partial charge in [0, 0.05) is 11.6 Å². The molecule has 0 aliphatic carbocycles. The van der Waals surface area contributed by atoms with Crippen molar-refractivity contribution in [3.63, 3.8) is 0 Å². The molecule has 0 unspecified atom stereocenters. The molecule has 0 saturated carbocycles. The van der Waals surface area contributed by atoms with Gasteiger partial charge in [-0.1, -0.05) is 12.1 Å². The number of ketones is 1. The second kappa shape index (κ2) is 5.42. The number of hydrogen-bond acceptors (Lipinski definition) is 3. The number of hydrogen-bond donors (Lipinski definition) is 0. The van der Waals surface area contributed by atoms with Crippen molar-refractivity contribution in [1.29, 1.82) is 0 Å². The molecule has 0 radical (unpaired) electrons. The van der Waals surface area contributed by atoms with Gasteiger partial charge in [-0.25, -0.2) is 0 Å². The van der Waals surface area contributed by atoms with Crippen molar-refractivity contribution in [1.82, 2.24) is 0 Å². The largest absolute Gasteiger partial charge is 0.295 e. The molecule has 0 N–H and O–H groups in total. The number of alkyl halides is 1. The van der Waals surface area contributed by atoms with E-state index in [1.165, 1.54) is 19.1 Å². The zero-order valence-corrected chi connectivity index (χ0v) is 9.40. The van der Waals surface area contributed by atoms with E-state index in [-0.39, 0.29) is 17.4 Å². The minimum absolute atomic E-state index is 0.0358. The summed E-state index contributed by atoms with van der Waals surface area (Å²) in [5.74, 6) is -0.144. The van der Waals surface area contributed by atoms with Crippen molar-refractivity contribution in [2.45, 2.75) is 6.92 Å². The number of carbonyl (C=O) groups is 1. The number of rotatable bonds is 4. The Morgan fingerprint density at radius 1 is 1.50 bits per heavy atom. The minimum Gasteiger partial charge on any atom is -0.295 e. The summed E-state index contributed by atoms with van der Waals surface area (Å²) in [5, 5.41) is 10.7.